The number of anilines is 1. The van der Waals surface area contributed by atoms with Crippen molar-refractivity contribution in [2.45, 2.75) is 12.0 Å². The van der Waals surface area contributed by atoms with Crippen molar-refractivity contribution in [1.82, 2.24) is 0 Å². The number of hydrogen-bond acceptors (Lipinski definition) is 2. The number of fused-ring (bicyclic) bond motifs is 1. The van der Waals surface area contributed by atoms with Gasteiger partial charge in [-0.2, -0.15) is 0 Å². The first-order valence-electron chi connectivity index (χ1n) is 6.08. The molecule has 2 N–H and O–H groups in total. The van der Waals surface area contributed by atoms with Gasteiger partial charge in [-0.1, -0.05) is 30.3 Å². The number of para-hydroxylation sites is 1. The van der Waals surface area contributed by atoms with E-state index in [1.165, 1.54) is 12.1 Å². The molecule has 102 valence electrons. The average molecular weight is 275 g/mol. The van der Waals surface area contributed by atoms with Crippen molar-refractivity contribution in [2.24, 2.45) is 0 Å². The Labute approximate surface area is 113 Å². The van der Waals surface area contributed by atoms with Crippen LogP contribution in [0.1, 0.15) is 11.1 Å². The van der Waals surface area contributed by atoms with E-state index in [2.05, 4.69) is 5.32 Å². The summed E-state index contributed by atoms with van der Waals surface area (Å²) in [4.78, 5) is 12.0. The fourth-order valence-electron chi connectivity index (χ4n) is 2.44. The van der Waals surface area contributed by atoms with Gasteiger partial charge in [0.2, 0.25) is 0 Å². The highest BCUT2D eigenvalue weighted by Gasteiger charge is 2.45. The molecule has 0 aromatic heterocycles. The number of carbonyl (C=O) groups excluding carboxylic acids is 1. The summed E-state index contributed by atoms with van der Waals surface area (Å²) in [6.45, 7) is 0. The second kappa shape index (κ2) is 4.38. The fraction of sp³-hybridized carbons (Fsp3) is 0.133. The van der Waals surface area contributed by atoms with Gasteiger partial charge in [-0.15, -0.1) is 0 Å². The Morgan fingerprint density at radius 2 is 1.85 bits per heavy atom. The summed E-state index contributed by atoms with van der Waals surface area (Å²) in [5.41, 5.74) is -1.07. The molecule has 1 unspecified atom stereocenters. The molecule has 1 atom stereocenters. The number of benzene rings is 2. The Kier molecular flexibility index (Phi) is 2.79. The molecule has 1 amide bonds. The highest BCUT2D eigenvalue weighted by atomic mass is 19.2. The van der Waals surface area contributed by atoms with Crippen LogP contribution in [-0.4, -0.2) is 11.0 Å². The van der Waals surface area contributed by atoms with Crippen molar-refractivity contribution >= 4 is 11.6 Å². The zero-order valence-electron chi connectivity index (χ0n) is 10.4. The lowest BCUT2D eigenvalue weighted by Gasteiger charge is -2.21. The van der Waals surface area contributed by atoms with Crippen LogP contribution in [0.5, 0.6) is 0 Å². The Morgan fingerprint density at radius 1 is 1.10 bits per heavy atom. The Morgan fingerprint density at radius 3 is 2.65 bits per heavy atom. The molecule has 3 nitrogen and oxygen atoms in total. The molecule has 1 heterocycles. The van der Waals surface area contributed by atoms with E-state index in [1.807, 2.05) is 0 Å². The zero-order chi connectivity index (χ0) is 14.3. The van der Waals surface area contributed by atoms with Crippen molar-refractivity contribution < 1.29 is 18.7 Å². The second-order valence-corrected chi connectivity index (χ2v) is 4.75. The van der Waals surface area contributed by atoms with Gasteiger partial charge in [0.1, 0.15) is 0 Å². The summed E-state index contributed by atoms with van der Waals surface area (Å²) in [5.74, 6) is -2.68. The highest BCUT2D eigenvalue weighted by Crippen LogP contribution is 2.38. The minimum atomic E-state index is -1.88. The average Bonchev–Trinajstić information content (AvgIpc) is 2.68. The molecular formula is C15H11F2NO2. The third kappa shape index (κ3) is 1.78. The predicted molar refractivity (Wildman–Crippen MR) is 69.0 cm³/mol. The Balaban J connectivity index is 2.05. The van der Waals surface area contributed by atoms with Gasteiger partial charge in [-0.25, -0.2) is 8.78 Å². The van der Waals surface area contributed by atoms with Gasteiger partial charge in [0.15, 0.2) is 17.2 Å². The summed E-state index contributed by atoms with van der Waals surface area (Å²) >= 11 is 0. The molecule has 0 spiro atoms. The molecule has 5 heteroatoms. The van der Waals surface area contributed by atoms with Gasteiger partial charge in [-0.3, -0.25) is 4.79 Å². The fourth-order valence-corrected chi connectivity index (χ4v) is 2.44. The summed E-state index contributed by atoms with van der Waals surface area (Å²) in [5, 5.41) is 13.1. The van der Waals surface area contributed by atoms with Gasteiger partial charge >= 0.3 is 0 Å². The van der Waals surface area contributed by atoms with Crippen LogP contribution in [0.15, 0.2) is 42.5 Å². The maximum absolute atomic E-state index is 13.7. The van der Waals surface area contributed by atoms with E-state index < -0.39 is 23.1 Å². The monoisotopic (exact) mass is 275 g/mol. The molecule has 0 radical (unpaired) electrons. The van der Waals surface area contributed by atoms with E-state index in [4.69, 9.17) is 0 Å². The molecule has 2 aromatic rings. The van der Waals surface area contributed by atoms with E-state index in [-0.39, 0.29) is 12.0 Å². The minimum absolute atomic E-state index is 0.0423. The van der Waals surface area contributed by atoms with Gasteiger partial charge in [0.25, 0.3) is 5.91 Å². The first-order chi connectivity index (χ1) is 9.52. The SMILES string of the molecule is O=C1Nc2ccccc2C1(O)Cc1cccc(F)c1F. The first-order valence-corrected chi connectivity index (χ1v) is 6.08. The van der Waals surface area contributed by atoms with Crippen LogP contribution in [-0.2, 0) is 16.8 Å². The molecule has 2 aromatic carbocycles. The van der Waals surface area contributed by atoms with Gasteiger partial charge in [0, 0.05) is 17.7 Å². The van der Waals surface area contributed by atoms with E-state index in [0.29, 0.717) is 11.3 Å². The third-order valence-corrected chi connectivity index (χ3v) is 3.47. The Bertz CT molecular complexity index is 702. The summed E-state index contributed by atoms with van der Waals surface area (Å²) in [7, 11) is 0. The Hall–Kier alpha value is -2.27. The first kappa shape index (κ1) is 12.7. The third-order valence-electron chi connectivity index (χ3n) is 3.47. The summed E-state index contributed by atoms with van der Waals surface area (Å²) in [6, 6.07) is 10.3. The number of halogens is 2. The quantitative estimate of drug-likeness (QED) is 0.884. The largest absolute Gasteiger partial charge is 0.375 e. The number of nitrogens with one attached hydrogen (secondary N) is 1. The second-order valence-electron chi connectivity index (χ2n) is 4.75. The standard InChI is InChI=1S/C15H11F2NO2/c16-11-6-3-4-9(13(11)17)8-15(20)10-5-1-2-7-12(10)18-14(15)19/h1-7,20H,8H2,(H,18,19). The van der Waals surface area contributed by atoms with Gasteiger partial charge < -0.3 is 10.4 Å². The molecule has 0 bridgehead atoms. The van der Waals surface area contributed by atoms with Gasteiger partial charge in [0.05, 0.1) is 0 Å². The van der Waals surface area contributed by atoms with Crippen LogP contribution in [0.3, 0.4) is 0 Å². The number of rotatable bonds is 2. The molecule has 3 rings (SSSR count). The van der Waals surface area contributed by atoms with Crippen molar-refractivity contribution in [2.75, 3.05) is 5.32 Å². The van der Waals surface area contributed by atoms with Crippen molar-refractivity contribution in [3.63, 3.8) is 0 Å². The zero-order valence-corrected chi connectivity index (χ0v) is 10.4. The lowest BCUT2D eigenvalue weighted by Crippen LogP contribution is -2.36. The van der Waals surface area contributed by atoms with Crippen molar-refractivity contribution in [1.29, 1.82) is 0 Å². The lowest BCUT2D eigenvalue weighted by molar-refractivity contribution is -0.133. The van der Waals surface area contributed by atoms with Crippen LogP contribution in [0.4, 0.5) is 14.5 Å². The molecule has 1 aliphatic heterocycles. The number of carbonyl (C=O) groups is 1. The topological polar surface area (TPSA) is 49.3 Å². The normalized spacial score (nSPS) is 20.6. The molecule has 0 fully saturated rings. The van der Waals surface area contributed by atoms with Crippen molar-refractivity contribution in [3.05, 3.63) is 65.2 Å². The molecule has 1 aliphatic rings. The van der Waals surface area contributed by atoms with Crippen LogP contribution in [0.2, 0.25) is 0 Å². The predicted octanol–water partition coefficient (Wildman–Crippen LogP) is 2.35. The van der Waals surface area contributed by atoms with Crippen LogP contribution in [0.25, 0.3) is 0 Å². The van der Waals surface area contributed by atoms with Crippen LogP contribution >= 0.6 is 0 Å². The van der Waals surface area contributed by atoms with Gasteiger partial charge in [-0.05, 0) is 17.7 Å². The molecule has 0 saturated heterocycles. The lowest BCUT2D eigenvalue weighted by atomic mass is 9.88. The molecule has 0 saturated carbocycles. The van der Waals surface area contributed by atoms with Crippen LogP contribution < -0.4 is 5.32 Å². The summed E-state index contributed by atoms with van der Waals surface area (Å²) in [6.07, 6.45) is -0.320. The molecular weight excluding hydrogens is 264 g/mol. The summed E-state index contributed by atoms with van der Waals surface area (Å²) < 4.78 is 26.9. The number of amides is 1. The number of aliphatic hydroxyl groups is 1. The van der Waals surface area contributed by atoms with E-state index in [9.17, 15) is 18.7 Å². The van der Waals surface area contributed by atoms with E-state index in [1.54, 1.807) is 24.3 Å². The van der Waals surface area contributed by atoms with E-state index >= 15 is 0 Å². The number of hydrogen-bond donors (Lipinski definition) is 2. The molecule has 20 heavy (non-hydrogen) atoms. The highest BCUT2D eigenvalue weighted by molar-refractivity contribution is 6.05. The molecule has 0 aliphatic carbocycles. The van der Waals surface area contributed by atoms with Crippen molar-refractivity contribution in [3.8, 4) is 0 Å². The smallest absolute Gasteiger partial charge is 0.261 e. The van der Waals surface area contributed by atoms with Crippen LogP contribution in [0, 0.1) is 11.6 Å². The minimum Gasteiger partial charge on any atom is -0.375 e. The maximum Gasteiger partial charge on any atom is 0.261 e. The van der Waals surface area contributed by atoms with E-state index in [0.717, 1.165) is 6.07 Å². The maximum atomic E-state index is 13.7.